The molecule has 0 aliphatic rings. The molecule has 1 unspecified atom stereocenters. The molecule has 0 fully saturated rings. The molecule has 0 radical (unpaired) electrons. The Morgan fingerprint density at radius 1 is 1.17 bits per heavy atom. The van der Waals surface area contributed by atoms with E-state index in [1.807, 2.05) is 7.05 Å². The summed E-state index contributed by atoms with van der Waals surface area (Å²) in [4.78, 5) is 13.3. The maximum Gasteiger partial charge on any atom is 0.288 e. The number of rotatable bonds is 7. The molecule has 0 saturated carbocycles. The third-order valence-corrected chi connectivity index (χ3v) is 4.05. The van der Waals surface area contributed by atoms with Crippen molar-refractivity contribution in [2.24, 2.45) is 0 Å². The summed E-state index contributed by atoms with van der Waals surface area (Å²) in [7, 11) is 1.84. The van der Waals surface area contributed by atoms with Crippen LogP contribution in [0.15, 0.2) is 53.4 Å². The van der Waals surface area contributed by atoms with Crippen LogP contribution >= 0.6 is 11.8 Å². The fourth-order valence-electron chi connectivity index (χ4n) is 2.25. The number of hydrogen-bond donors (Lipinski definition) is 2. The van der Waals surface area contributed by atoms with E-state index in [1.54, 1.807) is 36.4 Å². The van der Waals surface area contributed by atoms with Crippen LogP contribution in [0.2, 0.25) is 0 Å². The van der Waals surface area contributed by atoms with Crippen molar-refractivity contribution < 1.29 is 22.9 Å². The number of hydrogen-bond acceptors (Lipinski definition) is 2. The van der Waals surface area contributed by atoms with Crippen LogP contribution in [0.1, 0.15) is 5.56 Å². The summed E-state index contributed by atoms with van der Waals surface area (Å²) in [5.41, 5.74) is 1.29. The third kappa shape index (κ3) is 5.90. The van der Waals surface area contributed by atoms with Crippen molar-refractivity contribution in [2.75, 3.05) is 18.9 Å². The molecule has 7 heteroatoms. The number of nitrogens with one attached hydrogen (secondary N) is 2. The number of thioether (sulfide) groups is 1. The number of benzene rings is 2. The van der Waals surface area contributed by atoms with Gasteiger partial charge in [-0.1, -0.05) is 36.0 Å². The minimum absolute atomic E-state index is 0.172. The van der Waals surface area contributed by atoms with Gasteiger partial charge < -0.3 is 10.2 Å². The molecule has 2 aromatic carbocycles. The first-order chi connectivity index (χ1) is 11.4. The first-order valence-electron chi connectivity index (χ1n) is 7.33. The standard InChI is InChI=1S/C17H17F3N2OS/c1-22(10-12-6-8-13(18)9-7-12)11-16(23)21-14-4-2-3-5-15(14)24-17(19)20/h2-9,17H,10-11H2,1H3,(H,21,23)/p+1. The second-order valence-corrected chi connectivity index (χ2v) is 6.39. The van der Waals surface area contributed by atoms with Gasteiger partial charge in [0.2, 0.25) is 0 Å². The predicted octanol–water partition coefficient (Wildman–Crippen LogP) is 2.79. The van der Waals surface area contributed by atoms with E-state index in [1.165, 1.54) is 12.1 Å². The van der Waals surface area contributed by atoms with E-state index in [4.69, 9.17) is 0 Å². The lowest BCUT2D eigenvalue weighted by Gasteiger charge is -2.15. The highest BCUT2D eigenvalue weighted by Gasteiger charge is 2.14. The molecule has 2 N–H and O–H groups in total. The number of likely N-dealkylation sites (N-methyl/N-ethyl adjacent to an activating group) is 1. The van der Waals surface area contributed by atoms with Crippen molar-refractivity contribution in [2.45, 2.75) is 17.2 Å². The molecule has 0 aliphatic carbocycles. The molecule has 1 atom stereocenters. The molecule has 128 valence electrons. The van der Waals surface area contributed by atoms with Crippen molar-refractivity contribution >= 4 is 23.4 Å². The second-order valence-electron chi connectivity index (χ2n) is 5.36. The Morgan fingerprint density at radius 3 is 2.50 bits per heavy atom. The molecule has 0 aromatic heterocycles. The van der Waals surface area contributed by atoms with Crippen LogP contribution < -0.4 is 10.2 Å². The van der Waals surface area contributed by atoms with E-state index < -0.39 is 5.76 Å². The molecule has 0 saturated heterocycles. The van der Waals surface area contributed by atoms with Crippen LogP contribution in [-0.4, -0.2) is 25.3 Å². The Kier molecular flexibility index (Phi) is 6.69. The highest BCUT2D eigenvalue weighted by molar-refractivity contribution is 7.99. The smallest absolute Gasteiger partial charge is 0.288 e. The van der Waals surface area contributed by atoms with Gasteiger partial charge in [0.15, 0.2) is 6.54 Å². The summed E-state index contributed by atoms with van der Waals surface area (Å²) in [6.07, 6.45) is 0. The second kappa shape index (κ2) is 8.75. The lowest BCUT2D eigenvalue weighted by atomic mass is 10.2. The molecule has 2 aromatic rings. The molecule has 24 heavy (non-hydrogen) atoms. The highest BCUT2D eigenvalue weighted by atomic mass is 32.2. The maximum absolute atomic E-state index is 12.9. The predicted molar refractivity (Wildman–Crippen MR) is 88.8 cm³/mol. The first kappa shape index (κ1) is 18.4. The van der Waals surface area contributed by atoms with Crippen LogP contribution in [0.4, 0.5) is 18.9 Å². The van der Waals surface area contributed by atoms with Crippen molar-refractivity contribution in [3.05, 3.63) is 59.9 Å². The fraction of sp³-hybridized carbons (Fsp3) is 0.235. The number of quaternary nitrogens is 1. The maximum atomic E-state index is 12.9. The first-order valence-corrected chi connectivity index (χ1v) is 8.21. The number of para-hydroxylation sites is 1. The van der Waals surface area contributed by atoms with Gasteiger partial charge in [0, 0.05) is 10.5 Å². The molecule has 0 heterocycles. The summed E-state index contributed by atoms with van der Waals surface area (Å²) < 4.78 is 38.0. The van der Waals surface area contributed by atoms with E-state index in [-0.39, 0.29) is 18.3 Å². The summed E-state index contributed by atoms with van der Waals surface area (Å²) in [6, 6.07) is 12.6. The molecule has 1 amide bonds. The number of carbonyl (C=O) groups excluding carboxylic acids is 1. The summed E-state index contributed by atoms with van der Waals surface area (Å²) >= 11 is 0.400. The van der Waals surface area contributed by atoms with Gasteiger partial charge in [-0.2, -0.15) is 8.78 Å². The summed E-state index contributed by atoms with van der Waals surface area (Å²) in [5, 5.41) is 2.67. The fourth-order valence-corrected chi connectivity index (χ4v) is 2.85. The van der Waals surface area contributed by atoms with Gasteiger partial charge in [0.1, 0.15) is 12.4 Å². The summed E-state index contributed by atoms with van der Waals surface area (Å²) in [6.45, 7) is 0.728. The van der Waals surface area contributed by atoms with E-state index >= 15 is 0 Å². The average Bonchev–Trinajstić information content (AvgIpc) is 2.51. The molecule has 0 aliphatic heterocycles. The van der Waals surface area contributed by atoms with E-state index in [9.17, 15) is 18.0 Å². The Bertz CT molecular complexity index is 680. The lowest BCUT2D eigenvalue weighted by molar-refractivity contribution is -0.885. The van der Waals surface area contributed by atoms with Crippen LogP contribution in [0.5, 0.6) is 0 Å². The average molecular weight is 355 g/mol. The molecular weight excluding hydrogens is 337 g/mol. The zero-order valence-corrected chi connectivity index (χ0v) is 13.9. The van der Waals surface area contributed by atoms with Gasteiger partial charge in [-0.3, -0.25) is 4.79 Å². The Balaban J connectivity index is 1.92. The van der Waals surface area contributed by atoms with Crippen molar-refractivity contribution in [1.29, 1.82) is 0 Å². The highest BCUT2D eigenvalue weighted by Crippen LogP contribution is 2.31. The van der Waals surface area contributed by atoms with E-state index in [0.717, 1.165) is 10.5 Å². The topological polar surface area (TPSA) is 33.5 Å². The monoisotopic (exact) mass is 355 g/mol. The van der Waals surface area contributed by atoms with Gasteiger partial charge in [-0.05, 0) is 24.3 Å². The molecule has 3 nitrogen and oxygen atoms in total. The van der Waals surface area contributed by atoms with E-state index in [0.29, 0.717) is 28.9 Å². The zero-order chi connectivity index (χ0) is 17.5. The van der Waals surface area contributed by atoms with Crippen LogP contribution in [-0.2, 0) is 11.3 Å². The van der Waals surface area contributed by atoms with Gasteiger partial charge in [0.05, 0.1) is 12.7 Å². The number of alkyl halides is 2. The van der Waals surface area contributed by atoms with E-state index in [2.05, 4.69) is 5.32 Å². The van der Waals surface area contributed by atoms with Crippen LogP contribution in [0.25, 0.3) is 0 Å². The van der Waals surface area contributed by atoms with Crippen LogP contribution in [0, 0.1) is 5.82 Å². The SMILES string of the molecule is C[NH+](CC(=O)Nc1ccccc1SC(F)F)Cc1ccc(F)cc1. The largest absolute Gasteiger partial charge is 0.326 e. The number of anilines is 1. The number of carbonyl (C=O) groups is 1. The van der Waals surface area contributed by atoms with Crippen LogP contribution in [0.3, 0.4) is 0 Å². The lowest BCUT2D eigenvalue weighted by Crippen LogP contribution is -3.08. The van der Waals surface area contributed by atoms with Gasteiger partial charge in [-0.15, -0.1) is 0 Å². The quantitative estimate of drug-likeness (QED) is 0.749. The van der Waals surface area contributed by atoms with Gasteiger partial charge in [-0.25, -0.2) is 4.39 Å². The Labute approximate surface area is 142 Å². The molecular formula is C17H18F3N2OS+. The Morgan fingerprint density at radius 2 is 1.83 bits per heavy atom. The molecule has 0 bridgehead atoms. The number of amides is 1. The Hall–Kier alpha value is -1.99. The van der Waals surface area contributed by atoms with Gasteiger partial charge >= 0.3 is 0 Å². The zero-order valence-electron chi connectivity index (χ0n) is 13.1. The molecule has 0 spiro atoms. The minimum atomic E-state index is -2.55. The normalized spacial score (nSPS) is 12.2. The minimum Gasteiger partial charge on any atom is -0.326 e. The van der Waals surface area contributed by atoms with Gasteiger partial charge in [0.25, 0.3) is 11.7 Å². The van der Waals surface area contributed by atoms with Crippen molar-refractivity contribution in [3.8, 4) is 0 Å². The number of halogens is 3. The van der Waals surface area contributed by atoms with Crippen molar-refractivity contribution in [1.82, 2.24) is 0 Å². The van der Waals surface area contributed by atoms with Crippen molar-refractivity contribution in [3.63, 3.8) is 0 Å². The summed E-state index contributed by atoms with van der Waals surface area (Å²) in [5.74, 6) is -3.12. The molecule has 2 rings (SSSR count). The third-order valence-electron chi connectivity index (χ3n) is 3.26.